The molecule has 1 aliphatic heterocycles. The normalized spacial score (nSPS) is 16.4. The van der Waals surface area contributed by atoms with Crippen molar-refractivity contribution in [1.82, 2.24) is 9.97 Å². The molecule has 1 aromatic rings. The predicted molar refractivity (Wildman–Crippen MR) is 67.3 cm³/mol. The standard InChI is InChI=1S/C13H19N3O/c1-4-12-14-10(3)9(2)13(15-12)16-7-5-11(17)6-8-16/h4-8H2,1-3H3. The van der Waals surface area contributed by atoms with Crippen LogP contribution in [0.4, 0.5) is 5.82 Å². The number of ketones is 1. The van der Waals surface area contributed by atoms with Crippen LogP contribution in [0.5, 0.6) is 0 Å². The minimum absolute atomic E-state index is 0.361. The summed E-state index contributed by atoms with van der Waals surface area (Å²) in [6, 6.07) is 0. The Morgan fingerprint density at radius 2 is 1.82 bits per heavy atom. The first kappa shape index (κ1) is 12.0. The molecule has 0 spiro atoms. The van der Waals surface area contributed by atoms with Gasteiger partial charge in [-0.25, -0.2) is 9.97 Å². The zero-order valence-corrected chi connectivity index (χ0v) is 10.8. The number of aromatic nitrogens is 2. The van der Waals surface area contributed by atoms with Gasteiger partial charge < -0.3 is 4.90 Å². The van der Waals surface area contributed by atoms with Crippen LogP contribution in [0.3, 0.4) is 0 Å². The van der Waals surface area contributed by atoms with E-state index in [1.54, 1.807) is 0 Å². The molecule has 0 aliphatic carbocycles. The summed E-state index contributed by atoms with van der Waals surface area (Å²) in [5.74, 6) is 2.27. The summed E-state index contributed by atoms with van der Waals surface area (Å²) in [6.07, 6.45) is 2.13. The zero-order valence-electron chi connectivity index (χ0n) is 10.8. The predicted octanol–water partition coefficient (Wildman–Crippen LogP) is 1.83. The summed E-state index contributed by atoms with van der Waals surface area (Å²) in [5.41, 5.74) is 2.18. The largest absolute Gasteiger partial charge is 0.355 e. The van der Waals surface area contributed by atoms with Crippen molar-refractivity contribution in [1.29, 1.82) is 0 Å². The van der Waals surface area contributed by atoms with Gasteiger partial charge in [0.25, 0.3) is 0 Å². The lowest BCUT2D eigenvalue weighted by molar-refractivity contribution is -0.119. The van der Waals surface area contributed by atoms with Crippen LogP contribution in [0.2, 0.25) is 0 Å². The van der Waals surface area contributed by atoms with Gasteiger partial charge in [-0.15, -0.1) is 0 Å². The topological polar surface area (TPSA) is 46.1 Å². The molecule has 17 heavy (non-hydrogen) atoms. The molecule has 1 saturated heterocycles. The number of hydrogen-bond donors (Lipinski definition) is 0. The van der Waals surface area contributed by atoms with Crippen molar-refractivity contribution in [3.63, 3.8) is 0 Å². The van der Waals surface area contributed by atoms with Crippen molar-refractivity contribution in [3.8, 4) is 0 Å². The fourth-order valence-corrected chi connectivity index (χ4v) is 2.10. The average molecular weight is 233 g/mol. The van der Waals surface area contributed by atoms with Crippen molar-refractivity contribution in [2.75, 3.05) is 18.0 Å². The summed E-state index contributed by atoms with van der Waals surface area (Å²) < 4.78 is 0. The van der Waals surface area contributed by atoms with E-state index in [0.29, 0.717) is 18.6 Å². The Kier molecular flexibility index (Phi) is 3.41. The highest BCUT2D eigenvalue weighted by molar-refractivity contribution is 5.81. The molecule has 0 bridgehead atoms. The van der Waals surface area contributed by atoms with Gasteiger partial charge in [0.05, 0.1) is 0 Å². The first-order chi connectivity index (χ1) is 8.11. The molecule has 2 heterocycles. The monoisotopic (exact) mass is 233 g/mol. The molecule has 1 aromatic heterocycles. The molecule has 4 heteroatoms. The number of piperidine rings is 1. The van der Waals surface area contributed by atoms with E-state index in [4.69, 9.17) is 0 Å². The summed E-state index contributed by atoms with van der Waals surface area (Å²) in [6.45, 7) is 7.72. The van der Waals surface area contributed by atoms with Crippen LogP contribution in [-0.4, -0.2) is 28.8 Å². The molecule has 1 fully saturated rings. The van der Waals surface area contributed by atoms with Gasteiger partial charge in [-0.3, -0.25) is 4.79 Å². The van der Waals surface area contributed by atoms with Crippen LogP contribution in [0.1, 0.15) is 36.8 Å². The lowest BCUT2D eigenvalue weighted by Gasteiger charge is -2.29. The third-order valence-electron chi connectivity index (χ3n) is 3.35. The third-order valence-corrected chi connectivity index (χ3v) is 3.35. The van der Waals surface area contributed by atoms with Gasteiger partial charge in [0, 0.05) is 43.6 Å². The molecule has 1 aliphatic rings. The van der Waals surface area contributed by atoms with E-state index >= 15 is 0 Å². The molecule has 0 atom stereocenters. The van der Waals surface area contributed by atoms with Gasteiger partial charge in [-0.2, -0.15) is 0 Å². The molecule has 0 amide bonds. The Hall–Kier alpha value is -1.45. The van der Waals surface area contributed by atoms with E-state index in [0.717, 1.165) is 42.4 Å². The van der Waals surface area contributed by atoms with Crippen LogP contribution >= 0.6 is 0 Å². The number of rotatable bonds is 2. The first-order valence-electron chi connectivity index (χ1n) is 6.22. The van der Waals surface area contributed by atoms with Gasteiger partial charge in [-0.05, 0) is 13.8 Å². The average Bonchev–Trinajstić information content (AvgIpc) is 2.34. The Labute approximate surface area is 102 Å². The maximum absolute atomic E-state index is 11.3. The van der Waals surface area contributed by atoms with Gasteiger partial charge >= 0.3 is 0 Å². The summed E-state index contributed by atoms with van der Waals surface area (Å²) in [4.78, 5) is 22.5. The molecule has 0 radical (unpaired) electrons. The van der Waals surface area contributed by atoms with E-state index in [1.165, 1.54) is 0 Å². The second-order valence-electron chi connectivity index (χ2n) is 4.55. The molecule has 0 N–H and O–H groups in total. The molecule has 0 aromatic carbocycles. The van der Waals surface area contributed by atoms with E-state index < -0.39 is 0 Å². The number of nitrogens with zero attached hydrogens (tertiary/aromatic N) is 3. The van der Waals surface area contributed by atoms with Crippen LogP contribution in [0.15, 0.2) is 0 Å². The fourth-order valence-electron chi connectivity index (χ4n) is 2.10. The van der Waals surface area contributed by atoms with Crippen molar-refractivity contribution >= 4 is 11.6 Å². The van der Waals surface area contributed by atoms with E-state index in [1.807, 2.05) is 6.92 Å². The molecule has 92 valence electrons. The summed E-state index contributed by atoms with van der Waals surface area (Å²) >= 11 is 0. The SMILES string of the molecule is CCc1nc(C)c(C)c(N2CCC(=O)CC2)n1. The van der Waals surface area contributed by atoms with Crippen LogP contribution < -0.4 is 4.90 Å². The van der Waals surface area contributed by atoms with E-state index in [2.05, 4.69) is 28.7 Å². The summed E-state index contributed by atoms with van der Waals surface area (Å²) in [7, 11) is 0. The molecular weight excluding hydrogens is 214 g/mol. The number of aryl methyl sites for hydroxylation is 2. The van der Waals surface area contributed by atoms with Gasteiger partial charge in [0.15, 0.2) is 0 Å². The number of carbonyl (C=O) groups excluding carboxylic acids is 1. The van der Waals surface area contributed by atoms with Crippen molar-refractivity contribution in [3.05, 3.63) is 17.1 Å². The second-order valence-corrected chi connectivity index (χ2v) is 4.55. The Morgan fingerprint density at radius 1 is 1.18 bits per heavy atom. The molecule has 0 saturated carbocycles. The van der Waals surface area contributed by atoms with Crippen LogP contribution in [0, 0.1) is 13.8 Å². The van der Waals surface area contributed by atoms with Gasteiger partial charge in [-0.1, -0.05) is 6.92 Å². The molecule has 2 rings (SSSR count). The minimum Gasteiger partial charge on any atom is -0.355 e. The van der Waals surface area contributed by atoms with Crippen molar-refractivity contribution < 1.29 is 4.79 Å². The number of anilines is 1. The Bertz CT molecular complexity index is 433. The third kappa shape index (κ3) is 2.46. The minimum atomic E-state index is 0.361. The van der Waals surface area contributed by atoms with E-state index in [9.17, 15) is 4.79 Å². The first-order valence-corrected chi connectivity index (χ1v) is 6.22. The number of hydrogen-bond acceptors (Lipinski definition) is 4. The van der Waals surface area contributed by atoms with Crippen LogP contribution in [-0.2, 0) is 11.2 Å². The number of Topliss-reactive ketones (excluding diaryl/α,β-unsaturated/α-hetero) is 1. The van der Waals surface area contributed by atoms with Gasteiger partial charge in [0.2, 0.25) is 0 Å². The number of carbonyl (C=O) groups is 1. The highest BCUT2D eigenvalue weighted by Gasteiger charge is 2.20. The Morgan fingerprint density at radius 3 is 2.41 bits per heavy atom. The maximum atomic E-state index is 11.3. The summed E-state index contributed by atoms with van der Waals surface area (Å²) in [5, 5.41) is 0. The van der Waals surface area contributed by atoms with Crippen molar-refractivity contribution in [2.24, 2.45) is 0 Å². The zero-order chi connectivity index (χ0) is 12.4. The highest BCUT2D eigenvalue weighted by Crippen LogP contribution is 2.22. The lowest BCUT2D eigenvalue weighted by Crippen LogP contribution is -2.35. The molecular formula is C13H19N3O. The fraction of sp³-hybridized carbons (Fsp3) is 0.615. The van der Waals surface area contributed by atoms with Crippen LogP contribution in [0.25, 0.3) is 0 Å². The lowest BCUT2D eigenvalue weighted by atomic mass is 10.1. The highest BCUT2D eigenvalue weighted by atomic mass is 16.1. The Balaban J connectivity index is 2.30. The van der Waals surface area contributed by atoms with E-state index in [-0.39, 0.29) is 0 Å². The second kappa shape index (κ2) is 4.82. The molecule has 0 unspecified atom stereocenters. The smallest absolute Gasteiger partial charge is 0.136 e. The van der Waals surface area contributed by atoms with Gasteiger partial charge in [0.1, 0.15) is 17.4 Å². The van der Waals surface area contributed by atoms with Crippen molar-refractivity contribution in [2.45, 2.75) is 40.0 Å². The quantitative estimate of drug-likeness (QED) is 0.781. The maximum Gasteiger partial charge on any atom is 0.136 e. The molecule has 4 nitrogen and oxygen atoms in total.